The van der Waals surface area contributed by atoms with Gasteiger partial charge in [0.05, 0.1) is 23.2 Å². The van der Waals surface area contributed by atoms with Gasteiger partial charge in [0.25, 0.3) is 0 Å². The summed E-state index contributed by atoms with van der Waals surface area (Å²) in [4.78, 5) is 15.7. The van der Waals surface area contributed by atoms with Crippen LogP contribution in [0.4, 0.5) is 5.69 Å². The summed E-state index contributed by atoms with van der Waals surface area (Å²) in [5.74, 6) is 0.393. The van der Waals surface area contributed by atoms with Crippen LogP contribution in [0.1, 0.15) is 16.1 Å². The minimum absolute atomic E-state index is 0.236. The second-order valence-corrected chi connectivity index (χ2v) is 6.91. The van der Waals surface area contributed by atoms with Gasteiger partial charge in [0.15, 0.2) is 0 Å². The summed E-state index contributed by atoms with van der Waals surface area (Å²) >= 11 is 5.98. The fourth-order valence-electron chi connectivity index (χ4n) is 2.93. The van der Waals surface area contributed by atoms with Crippen molar-refractivity contribution in [2.24, 2.45) is 4.99 Å². The number of carboxylic acids is 1. The second kappa shape index (κ2) is 8.68. The molecular weight excluding hydrogens is 400 g/mol. The molecule has 0 saturated heterocycles. The molecule has 6 heteroatoms. The van der Waals surface area contributed by atoms with Gasteiger partial charge >= 0.3 is 5.97 Å². The number of nitrogens with zero attached hydrogens (tertiary/aromatic N) is 2. The summed E-state index contributed by atoms with van der Waals surface area (Å²) in [6, 6.07) is 25.2. The third-order valence-electron chi connectivity index (χ3n) is 4.37. The van der Waals surface area contributed by atoms with E-state index in [1.165, 1.54) is 0 Å². The molecule has 0 aliphatic heterocycles. The predicted octanol–water partition coefficient (Wildman–Crippen LogP) is 6.37. The van der Waals surface area contributed by atoms with Gasteiger partial charge < -0.3 is 14.4 Å². The quantitative estimate of drug-likeness (QED) is 0.371. The molecule has 0 atom stereocenters. The number of carboxylic acid groups (broad SMARTS) is 1. The van der Waals surface area contributed by atoms with E-state index in [9.17, 15) is 9.90 Å². The van der Waals surface area contributed by atoms with Crippen LogP contribution in [0.2, 0.25) is 5.02 Å². The average molecular weight is 417 g/mol. The minimum atomic E-state index is -0.959. The van der Waals surface area contributed by atoms with Crippen LogP contribution in [-0.4, -0.2) is 21.9 Å². The van der Waals surface area contributed by atoms with Crippen LogP contribution < -0.4 is 4.74 Å². The van der Waals surface area contributed by atoms with E-state index in [1.807, 2.05) is 65.4 Å². The number of aromatic nitrogens is 1. The maximum Gasteiger partial charge on any atom is 0.335 e. The summed E-state index contributed by atoms with van der Waals surface area (Å²) in [5.41, 5.74) is 2.59. The third kappa shape index (κ3) is 4.59. The number of aliphatic imine (C=N–C) groups is 1. The molecule has 0 bridgehead atoms. The molecule has 148 valence electrons. The van der Waals surface area contributed by atoms with Crippen molar-refractivity contribution in [2.75, 3.05) is 0 Å². The normalized spacial score (nSPS) is 11.0. The summed E-state index contributed by atoms with van der Waals surface area (Å²) < 4.78 is 7.67. The van der Waals surface area contributed by atoms with Gasteiger partial charge in [-0.2, -0.15) is 0 Å². The fraction of sp³-hybridized carbons (Fsp3) is 0. The first-order valence-corrected chi connectivity index (χ1v) is 9.55. The molecule has 0 saturated carbocycles. The molecule has 1 aromatic heterocycles. The van der Waals surface area contributed by atoms with E-state index in [-0.39, 0.29) is 5.56 Å². The average Bonchev–Trinajstić information content (AvgIpc) is 3.22. The maximum absolute atomic E-state index is 11.2. The molecule has 1 N–H and O–H groups in total. The highest BCUT2D eigenvalue weighted by atomic mass is 35.5. The number of hydrogen-bond acceptors (Lipinski definition) is 3. The van der Waals surface area contributed by atoms with Gasteiger partial charge in [0.1, 0.15) is 11.5 Å². The highest BCUT2D eigenvalue weighted by Crippen LogP contribution is 2.26. The molecule has 4 aromatic rings. The van der Waals surface area contributed by atoms with Crippen molar-refractivity contribution in [3.8, 4) is 17.2 Å². The van der Waals surface area contributed by atoms with Crippen LogP contribution in [-0.2, 0) is 0 Å². The van der Waals surface area contributed by atoms with Crippen LogP contribution in [0.15, 0.2) is 96.1 Å². The van der Waals surface area contributed by atoms with E-state index in [4.69, 9.17) is 16.3 Å². The van der Waals surface area contributed by atoms with Gasteiger partial charge in [-0.1, -0.05) is 23.7 Å². The molecule has 5 nitrogen and oxygen atoms in total. The summed E-state index contributed by atoms with van der Waals surface area (Å²) in [5, 5.41) is 9.82. The zero-order chi connectivity index (χ0) is 20.9. The lowest BCUT2D eigenvalue weighted by atomic mass is 10.2. The molecule has 0 aliphatic carbocycles. The largest absolute Gasteiger partial charge is 0.478 e. The SMILES string of the molecule is O=C(O)c1cccc(-n2cccc2C=Nc2ccc(Oc3cccc(Cl)c3)cc2)c1. The highest BCUT2D eigenvalue weighted by Gasteiger charge is 2.06. The Balaban J connectivity index is 1.50. The van der Waals surface area contributed by atoms with Crippen LogP contribution >= 0.6 is 11.6 Å². The standard InChI is InChI=1S/C24H17ClN2O3/c25-18-5-2-8-23(15-18)30-22-11-9-19(10-12-22)26-16-21-7-3-13-27(21)20-6-1-4-17(14-20)24(28)29/h1-16H,(H,28,29). The van der Waals surface area contributed by atoms with E-state index in [0.717, 1.165) is 17.1 Å². The van der Waals surface area contributed by atoms with Crippen molar-refractivity contribution in [3.63, 3.8) is 0 Å². The van der Waals surface area contributed by atoms with E-state index in [0.29, 0.717) is 16.5 Å². The number of halogens is 1. The maximum atomic E-state index is 11.2. The Bertz CT molecular complexity index is 1210. The van der Waals surface area contributed by atoms with Crippen LogP contribution in [0.3, 0.4) is 0 Å². The van der Waals surface area contributed by atoms with Crippen LogP contribution in [0, 0.1) is 0 Å². The van der Waals surface area contributed by atoms with Crippen molar-refractivity contribution < 1.29 is 14.6 Å². The highest BCUT2D eigenvalue weighted by molar-refractivity contribution is 6.30. The molecule has 1 heterocycles. The summed E-state index contributed by atoms with van der Waals surface area (Å²) in [6.07, 6.45) is 3.60. The molecule has 4 rings (SSSR count). The Morgan fingerprint density at radius 2 is 1.73 bits per heavy atom. The molecule has 0 amide bonds. The molecule has 3 aromatic carbocycles. The molecule has 30 heavy (non-hydrogen) atoms. The third-order valence-corrected chi connectivity index (χ3v) is 4.60. The van der Waals surface area contributed by atoms with Gasteiger partial charge in [-0.15, -0.1) is 0 Å². The smallest absolute Gasteiger partial charge is 0.335 e. The zero-order valence-corrected chi connectivity index (χ0v) is 16.5. The van der Waals surface area contributed by atoms with Gasteiger partial charge in [-0.05, 0) is 72.8 Å². The van der Waals surface area contributed by atoms with Crippen molar-refractivity contribution in [1.82, 2.24) is 4.57 Å². The number of rotatable bonds is 6. The molecular formula is C24H17ClN2O3. The summed E-state index contributed by atoms with van der Waals surface area (Å²) in [7, 11) is 0. The summed E-state index contributed by atoms with van der Waals surface area (Å²) in [6.45, 7) is 0. The first kappa shape index (κ1) is 19.5. The number of hydrogen-bond donors (Lipinski definition) is 1. The monoisotopic (exact) mass is 416 g/mol. The lowest BCUT2D eigenvalue weighted by Crippen LogP contribution is -2.01. The van der Waals surface area contributed by atoms with Gasteiger partial charge in [0, 0.05) is 16.9 Å². The van der Waals surface area contributed by atoms with E-state index in [2.05, 4.69) is 4.99 Å². The second-order valence-electron chi connectivity index (χ2n) is 6.47. The Morgan fingerprint density at radius 3 is 2.50 bits per heavy atom. The van der Waals surface area contributed by atoms with E-state index < -0.39 is 5.97 Å². The van der Waals surface area contributed by atoms with E-state index >= 15 is 0 Å². The topological polar surface area (TPSA) is 63.8 Å². The number of aromatic carboxylic acids is 1. The number of carbonyl (C=O) groups is 1. The van der Waals surface area contributed by atoms with E-state index in [1.54, 1.807) is 36.5 Å². The lowest BCUT2D eigenvalue weighted by molar-refractivity contribution is 0.0697. The Hall–Kier alpha value is -3.83. The number of ether oxygens (including phenoxy) is 1. The first-order chi connectivity index (χ1) is 14.6. The molecule has 0 aliphatic rings. The number of benzene rings is 3. The fourth-order valence-corrected chi connectivity index (χ4v) is 3.11. The Labute approximate surface area is 178 Å². The van der Waals surface area contributed by atoms with Crippen molar-refractivity contribution in [3.05, 3.63) is 107 Å². The first-order valence-electron chi connectivity index (χ1n) is 9.17. The molecule has 0 spiro atoms. The van der Waals surface area contributed by atoms with Gasteiger partial charge in [0.2, 0.25) is 0 Å². The molecule has 0 fully saturated rings. The van der Waals surface area contributed by atoms with Gasteiger partial charge in [-0.3, -0.25) is 4.99 Å². The zero-order valence-electron chi connectivity index (χ0n) is 15.8. The Kier molecular flexibility index (Phi) is 5.63. The van der Waals surface area contributed by atoms with Crippen LogP contribution in [0.5, 0.6) is 11.5 Å². The molecule has 0 radical (unpaired) electrons. The van der Waals surface area contributed by atoms with Crippen LogP contribution in [0.25, 0.3) is 5.69 Å². The molecule has 0 unspecified atom stereocenters. The van der Waals surface area contributed by atoms with Crippen molar-refractivity contribution >= 4 is 29.5 Å². The van der Waals surface area contributed by atoms with Gasteiger partial charge in [-0.25, -0.2) is 4.79 Å². The lowest BCUT2D eigenvalue weighted by Gasteiger charge is -2.07. The van der Waals surface area contributed by atoms with Crippen molar-refractivity contribution in [2.45, 2.75) is 0 Å². The Morgan fingerprint density at radius 1 is 0.933 bits per heavy atom. The minimum Gasteiger partial charge on any atom is -0.478 e. The predicted molar refractivity (Wildman–Crippen MR) is 118 cm³/mol. The van der Waals surface area contributed by atoms with Crippen molar-refractivity contribution in [1.29, 1.82) is 0 Å².